The fourth-order valence-corrected chi connectivity index (χ4v) is 4.51. The molecule has 10 heteroatoms. The second-order valence-corrected chi connectivity index (χ2v) is 8.98. The average Bonchev–Trinajstić information content (AvgIpc) is 3.39. The highest BCUT2D eigenvalue weighted by molar-refractivity contribution is 6.35. The van der Waals surface area contributed by atoms with Gasteiger partial charge in [0.05, 0.1) is 28.0 Å². The van der Waals surface area contributed by atoms with Crippen molar-refractivity contribution in [2.24, 2.45) is 5.73 Å². The van der Waals surface area contributed by atoms with Crippen LogP contribution in [0.5, 0.6) is 0 Å². The van der Waals surface area contributed by atoms with Crippen LogP contribution >= 0.6 is 0 Å². The summed E-state index contributed by atoms with van der Waals surface area (Å²) >= 11 is 0. The van der Waals surface area contributed by atoms with Crippen molar-refractivity contribution in [1.29, 1.82) is 0 Å². The molecule has 0 radical (unpaired) electrons. The van der Waals surface area contributed by atoms with Crippen molar-refractivity contribution in [3.05, 3.63) is 94.8 Å². The highest BCUT2D eigenvalue weighted by Gasteiger charge is 2.33. The van der Waals surface area contributed by atoms with E-state index in [0.717, 1.165) is 16.0 Å². The maximum Gasteiger partial charge on any atom is 0.276 e. The topological polar surface area (TPSA) is 127 Å². The Morgan fingerprint density at radius 2 is 1.63 bits per heavy atom. The van der Waals surface area contributed by atoms with Crippen LogP contribution in [0.4, 0.5) is 10.1 Å². The van der Waals surface area contributed by atoms with Crippen molar-refractivity contribution in [2.45, 2.75) is 13.8 Å². The van der Waals surface area contributed by atoms with Crippen LogP contribution in [-0.4, -0.2) is 45.0 Å². The number of hydrogen-bond acceptors (Lipinski definition) is 5. The molecule has 190 valence electrons. The van der Waals surface area contributed by atoms with Gasteiger partial charge in [-0.3, -0.25) is 24.1 Å². The minimum Gasteiger partial charge on any atom is -0.366 e. The molecule has 0 saturated heterocycles. The number of halogens is 1. The molecule has 38 heavy (non-hydrogen) atoms. The first-order valence-corrected chi connectivity index (χ1v) is 11.6. The van der Waals surface area contributed by atoms with Crippen LogP contribution in [-0.2, 0) is 9.59 Å². The number of aromatic nitrogens is 2. The SMILES string of the molecule is CC1=C(c2ccc(-c3cc4c(C(=O)Nc5cccc(C(N)=O)c5F)nc(C)cn4c3)cc2)C(=O)N(C)C1=O. The number of nitrogens with zero attached hydrogens (tertiary/aromatic N) is 3. The molecule has 0 aliphatic carbocycles. The molecule has 9 nitrogen and oxygen atoms in total. The third kappa shape index (κ3) is 4.01. The van der Waals surface area contributed by atoms with Gasteiger partial charge in [0.1, 0.15) is 0 Å². The molecular formula is C28H22FN5O4. The summed E-state index contributed by atoms with van der Waals surface area (Å²) in [7, 11) is 1.45. The van der Waals surface area contributed by atoms with Crippen molar-refractivity contribution in [3.8, 4) is 11.1 Å². The standard InChI is InChI=1S/C28H22FN5O4/c1-14-12-34-13-18(16-7-9-17(10-8-16)22-15(2)27(37)33(3)28(22)38)11-21(34)24(31-14)26(36)32-20-6-4-5-19(23(20)29)25(30)35/h4-13H,1-3H3,(H2,30,35)(H,32,36). The fourth-order valence-electron chi connectivity index (χ4n) is 4.51. The number of carbonyl (C=O) groups excluding carboxylic acids is 4. The van der Waals surface area contributed by atoms with E-state index in [1.54, 1.807) is 42.6 Å². The van der Waals surface area contributed by atoms with Crippen molar-refractivity contribution in [3.63, 3.8) is 0 Å². The van der Waals surface area contributed by atoms with Crippen LogP contribution in [0.15, 0.2) is 66.5 Å². The maximum absolute atomic E-state index is 14.7. The van der Waals surface area contributed by atoms with Crippen LogP contribution in [0.25, 0.3) is 22.2 Å². The van der Waals surface area contributed by atoms with Crippen molar-refractivity contribution in [2.75, 3.05) is 12.4 Å². The van der Waals surface area contributed by atoms with Gasteiger partial charge in [0.2, 0.25) is 0 Å². The number of aryl methyl sites for hydroxylation is 1. The molecule has 3 heterocycles. The largest absolute Gasteiger partial charge is 0.366 e. The Bertz CT molecular complexity index is 1720. The van der Waals surface area contributed by atoms with E-state index in [-0.39, 0.29) is 28.8 Å². The van der Waals surface area contributed by atoms with E-state index >= 15 is 0 Å². The first kappa shape index (κ1) is 24.6. The Labute approximate surface area is 216 Å². The van der Waals surface area contributed by atoms with Crippen molar-refractivity contribution in [1.82, 2.24) is 14.3 Å². The van der Waals surface area contributed by atoms with Crippen LogP contribution in [0.3, 0.4) is 0 Å². The number of nitrogens with two attached hydrogens (primary N) is 1. The lowest BCUT2D eigenvalue weighted by Gasteiger charge is -2.09. The number of anilines is 1. The predicted molar refractivity (Wildman–Crippen MR) is 139 cm³/mol. The van der Waals surface area contributed by atoms with Gasteiger partial charge in [-0.15, -0.1) is 0 Å². The number of carbonyl (C=O) groups is 4. The molecule has 0 bridgehead atoms. The predicted octanol–water partition coefficient (Wildman–Crippen LogP) is 3.57. The number of primary amides is 1. The summed E-state index contributed by atoms with van der Waals surface area (Å²) in [5.41, 5.74) is 8.78. The lowest BCUT2D eigenvalue weighted by Crippen LogP contribution is -2.26. The molecule has 0 saturated carbocycles. The number of nitrogens with one attached hydrogen (secondary N) is 1. The second kappa shape index (κ2) is 9.07. The third-order valence-electron chi connectivity index (χ3n) is 6.46. The van der Waals surface area contributed by atoms with Crippen LogP contribution < -0.4 is 11.1 Å². The Hall–Kier alpha value is -5.12. The van der Waals surface area contributed by atoms with Gasteiger partial charge in [-0.05, 0) is 43.2 Å². The van der Waals surface area contributed by atoms with E-state index in [9.17, 15) is 23.6 Å². The first-order valence-electron chi connectivity index (χ1n) is 11.6. The summed E-state index contributed by atoms with van der Waals surface area (Å²) in [5, 5.41) is 2.48. The minimum atomic E-state index is -0.945. The van der Waals surface area contributed by atoms with Gasteiger partial charge < -0.3 is 15.5 Å². The number of likely N-dealkylation sites (N-methyl/N-ethyl adjacent to an activating group) is 1. The van der Waals surface area contributed by atoms with Crippen LogP contribution in [0.1, 0.15) is 39.0 Å². The maximum atomic E-state index is 14.7. The highest BCUT2D eigenvalue weighted by atomic mass is 19.1. The zero-order valence-electron chi connectivity index (χ0n) is 20.7. The fraction of sp³-hybridized carbons (Fsp3) is 0.107. The molecule has 0 spiro atoms. The molecule has 0 fully saturated rings. The number of benzene rings is 2. The van der Waals surface area contributed by atoms with Crippen LogP contribution in [0.2, 0.25) is 0 Å². The molecule has 3 N–H and O–H groups in total. The zero-order chi connectivity index (χ0) is 27.3. The molecule has 0 atom stereocenters. The second-order valence-electron chi connectivity index (χ2n) is 8.98. The molecule has 2 aromatic heterocycles. The summed E-state index contributed by atoms with van der Waals surface area (Å²) in [6.07, 6.45) is 3.58. The Morgan fingerprint density at radius 1 is 0.947 bits per heavy atom. The lowest BCUT2D eigenvalue weighted by molar-refractivity contribution is -0.135. The van der Waals surface area contributed by atoms with E-state index < -0.39 is 17.6 Å². The summed E-state index contributed by atoms with van der Waals surface area (Å²) < 4.78 is 16.4. The molecule has 5 rings (SSSR count). The quantitative estimate of drug-likeness (QED) is 0.396. The molecule has 1 aliphatic rings. The van der Waals surface area contributed by atoms with E-state index in [1.165, 1.54) is 25.2 Å². The van der Waals surface area contributed by atoms with Crippen molar-refractivity contribution < 1.29 is 23.6 Å². The minimum absolute atomic E-state index is 0.0654. The third-order valence-corrected chi connectivity index (χ3v) is 6.46. The molecular weight excluding hydrogens is 489 g/mol. The Morgan fingerprint density at radius 3 is 2.26 bits per heavy atom. The van der Waals surface area contributed by atoms with Gasteiger partial charge in [-0.25, -0.2) is 9.37 Å². The Balaban J connectivity index is 1.49. The summed E-state index contributed by atoms with van der Waals surface area (Å²) in [5.74, 6) is -3.19. The molecule has 1 aliphatic heterocycles. The van der Waals surface area contributed by atoms with Crippen LogP contribution in [0, 0.1) is 12.7 Å². The number of hydrogen-bond donors (Lipinski definition) is 2. The number of rotatable bonds is 5. The van der Waals surface area contributed by atoms with E-state index in [1.807, 2.05) is 18.3 Å². The zero-order valence-corrected chi connectivity index (χ0v) is 20.7. The molecule has 0 unspecified atom stereocenters. The lowest BCUT2D eigenvalue weighted by atomic mass is 9.99. The number of amides is 4. The van der Waals surface area contributed by atoms with E-state index in [0.29, 0.717) is 27.9 Å². The number of imide groups is 1. The smallest absolute Gasteiger partial charge is 0.276 e. The van der Waals surface area contributed by atoms with E-state index in [2.05, 4.69) is 10.3 Å². The number of fused-ring (bicyclic) bond motifs is 1. The molecule has 4 aromatic rings. The van der Waals surface area contributed by atoms with Crippen molar-refractivity contribution >= 4 is 40.4 Å². The Kier molecular flexibility index (Phi) is 5.87. The molecule has 2 aromatic carbocycles. The summed E-state index contributed by atoms with van der Waals surface area (Å²) in [6, 6.07) is 12.9. The van der Waals surface area contributed by atoms with Gasteiger partial charge in [-0.2, -0.15) is 0 Å². The normalized spacial score (nSPS) is 13.5. The highest BCUT2D eigenvalue weighted by Crippen LogP contribution is 2.31. The van der Waals surface area contributed by atoms with E-state index in [4.69, 9.17) is 5.73 Å². The average molecular weight is 512 g/mol. The van der Waals surface area contributed by atoms with Gasteiger partial charge in [0, 0.05) is 30.6 Å². The first-order chi connectivity index (χ1) is 18.1. The van der Waals surface area contributed by atoms with Gasteiger partial charge in [-0.1, -0.05) is 30.3 Å². The summed E-state index contributed by atoms with van der Waals surface area (Å²) in [6.45, 7) is 3.36. The van der Waals surface area contributed by atoms with Gasteiger partial charge >= 0.3 is 0 Å². The van der Waals surface area contributed by atoms with Gasteiger partial charge in [0.25, 0.3) is 23.6 Å². The summed E-state index contributed by atoms with van der Waals surface area (Å²) in [4.78, 5) is 54.7. The monoisotopic (exact) mass is 511 g/mol. The molecule has 4 amide bonds. The van der Waals surface area contributed by atoms with Gasteiger partial charge in [0.15, 0.2) is 11.5 Å².